The van der Waals surface area contributed by atoms with Gasteiger partial charge in [0, 0.05) is 5.02 Å². The molecule has 0 heterocycles. The number of benzene rings is 2. The molecule has 0 saturated heterocycles. The maximum absolute atomic E-state index is 10.7. The van der Waals surface area contributed by atoms with Crippen LogP contribution in [0.5, 0.6) is 0 Å². The summed E-state index contributed by atoms with van der Waals surface area (Å²) in [7, 11) is -2.52. The summed E-state index contributed by atoms with van der Waals surface area (Å²) in [4.78, 5) is 0.315. The van der Waals surface area contributed by atoms with Crippen molar-refractivity contribution in [3.8, 4) is 0 Å². The minimum Gasteiger partial charge on any atom is -0.227 e. The third kappa shape index (κ3) is 1.74. The van der Waals surface area contributed by atoms with Gasteiger partial charge in [0.2, 0.25) is 0 Å². The van der Waals surface area contributed by atoms with E-state index in [0.717, 1.165) is 10.8 Å². The van der Waals surface area contributed by atoms with Crippen LogP contribution in [-0.4, -0.2) is 8.42 Å². The van der Waals surface area contributed by atoms with Crippen LogP contribution >= 0.6 is 11.6 Å². The van der Waals surface area contributed by atoms with E-state index in [9.17, 15) is 8.42 Å². The first-order valence-corrected chi connectivity index (χ1v) is 5.56. The van der Waals surface area contributed by atoms with Crippen LogP contribution in [0.25, 0.3) is 10.8 Å². The van der Waals surface area contributed by atoms with Gasteiger partial charge < -0.3 is 0 Å². The van der Waals surface area contributed by atoms with Crippen LogP contribution in [0.1, 0.15) is 0 Å². The van der Waals surface area contributed by atoms with E-state index >= 15 is 0 Å². The highest BCUT2D eigenvalue weighted by atomic mass is 35.5. The van der Waals surface area contributed by atoms with E-state index in [1.165, 1.54) is 0 Å². The molecule has 0 saturated carbocycles. The predicted molar refractivity (Wildman–Crippen MR) is 57.5 cm³/mol. The fraction of sp³-hybridized carbons (Fsp3) is 0. The lowest BCUT2D eigenvalue weighted by Crippen LogP contribution is -1.80. The van der Waals surface area contributed by atoms with Crippen LogP contribution in [-0.2, 0) is 10.7 Å². The Morgan fingerprint density at radius 1 is 0.929 bits per heavy atom. The molecule has 0 aromatic heterocycles. The van der Waals surface area contributed by atoms with E-state index in [1.807, 2.05) is 6.07 Å². The molecule has 0 aliphatic carbocycles. The minimum absolute atomic E-state index is 0.315. The average molecular weight is 227 g/mol. The van der Waals surface area contributed by atoms with Crippen LogP contribution in [0, 0.1) is 0 Å². The van der Waals surface area contributed by atoms with Crippen LogP contribution in [0.2, 0.25) is 5.02 Å². The van der Waals surface area contributed by atoms with Crippen LogP contribution < -0.4 is 0 Å². The van der Waals surface area contributed by atoms with Gasteiger partial charge in [0.05, 0.1) is 4.90 Å². The quantitative estimate of drug-likeness (QED) is 0.758. The molecule has 0 bridgehead atoms. The Hall–Kier alpha value is -1.06. The summed E-state index contributed by atoms with van der Waals surface area (Å²) in [5.41, 5.74) is 0. The zero-order valence-electron chi connectivity index (χ0n) is 7.11. The Balaban J connectivity index is 2.75. The number of thiol groups is 1. The van der Waals surface area contributed by atoms with Crippen molar-refractivity contribution in [3.05, 3.63) is 41.4 Å². The molecular weight excluding hydrogens is 220 g/mol. The van der Waals surface area contributed by atoms with Crippen LogP contribution in [0.4, 0.5) is 0 Å². The SMILES string of the molecule is O=[SH](=O)c1ccc2ccc(Cl)cc2c1. The topological polar surface area (TPSA) is 34.1 Å². The smallest absolute Gasteiger partial charge is 0.168 e. The molecule has 72 valence electrons. The van der Waals surface area contributed by atoms with Gasteiger partial charge in [-0.15, -0.1) is 0 Å². The van der Waals surface area contributed by atoms with Crippen LogP contribution in [0.3, 0.4) is 0 Å². The second-order valence-corrected chi connectivity index (χ2v) is 4.40. The van der Waals surface area contributed by atoms with Gasteiger partial charge in [-0.1, -0.05) is 23.7 Å². The summed E-state index contributed by atoms with van der Waals surface area (Å²) >= 11 is 5.80. The van der Waals surface area contributed by atoms with Crippen LogP contribution in [0.15, 0.2) is 41.3 Å². The number of fused-ring (bicyclic) bond motifs is 1. The van der Waals surface area contributed by atoms with Gasteiger partial charge in [-0.05, 0) is 35.0 Å². The van der Waals surface area contributed by atoms with E-state index in [2.05, 4.69) is 0 Å². The Bertz CT molecular complexity index is 553. The summed E-state index contributed by atoms with van der Waals surface area (Å²) in [5, 5.41) is 2.43. The Morgan fingerprint density at radius 2 is 1.64 bits per heavy atom. The van der Waals surface area contributed by atoms with Gasteiger partial charge in [-0.2, -0.15) is 0 Å². The molecule has 0 unspecified atom stereocenters. The maximum Gasteiger partial charge on any atom is 0.168 e. The summed E-state index contributed by atoms with van der Waals surface area (Å²) in [6, 6.07) is 10.4. The molecule has 4 heteroatoms. The van der Waals surface area contributed by atoms with E-state index in [-0.39, 0.29) is 0 Å². The largest absolute Gasteiger partial charge is 0.227 e. The maximum atomic E-state index is 10.7. The Kier molecular flexibility index (Phi) is 2.44. The molecule has 0 N–H and O–H groups in total. The fourth-order valence-corrected chi connectivity index (χ4v) is 1.94. The average Bonchev–Trinajstić information content (AvgIpc) is 2.16. The first-order chi connectivity index (χ1) is 6.66. The molecule has 2 rings (SSSR count). The first-order valence-electron chi connectivity index (χ1n) is 4.00. The normalized spacial score (nSPS) is 11.0. The fourth-order valence-electron chi connectivity index (χ4n) is 1.32. The molecular formula is C10H7ClO2S. The van der Waals surface area contributed by atoms with Gasteiger partial charge in [-0.25, -0.2) is 8.42 Å². The molecule has 0 spiro atoms. The zero-order chi connectivity index (χ0) is 10.1. The van der Waals surface area contributed by atoms with Crippen molar-refractivity contribution in [1.82, 2.24) is 0 Å². The van der Waals surface area contributed by atoms with Crippen molar-refractivity contribution >= 4 is 33.1 Å². The van der Waals surface area contributed by atoms with Crippen molar-refractivity contribution in [2.24, 2.45) is 0 Å². The predicted octanol–water partition coefficient (Wildman–Crippen LogP) is 2.46. The molecule has 14 heavy (non-hydrogen) atoms. The summed E-state index contributed by atoms with van der Waals surface area (Å²) in [6.07, 6.45) is 0. The number of halogens is 1. The first kappa shape index (κ1) is 9.49. The number of hydrogen-bond acceptors (Lipinski definition) is 2. The van der Waals surface area contributed by atoms with E-state index < -0.39 is 10.7 Å². The summed E-state index contributed by atoms with van der Waals surface area (Å²) in [6.45, 7) is 0. The second kappa shape index (κ2) is 3.59. The highest BCUT2D eigenvalue weighted by molar-refractivity contribution is 7.72. The molecule has 2 aromatic rings. The number of hydrogen-bond donors (Lipinski definition) is 1. The van der Waals surface area contributed by atoms with E-state index in [1.54, 1.807) is 30.3 Å². The van der Waals surface area contributed by atoms with Crippen molar-refractivity contribution in [2.75, 3.05) is 0 Å². The van der Waals surface area contributed by atoms with E-state index in [0.29, 0.717) is 9.92 Å². The molecule has 0 atom stereocenters. The molecule has 0 amide bonds. The van der Waals surface area contributed by atoms with Gasteiger partial charge >= 0.3 is 0 Å². The summed E-state index contributed by atoms with van der Waals surface area (Å²) in [5.74, 6) is 0. The zero-order valence-corrected chi connectivity index (χ0v) is 8.76. The highest BCUT2D eigenvalue weighted by Crippen LogP contribution is 2.20. The monoisotopic (exact) mass is 226 g/mol. The molecule has 2 nitrogen and oxygen atoms in total. The second-order valence-electron chi connectivity index (χ2n) is 2.93. The number of rotatable bonds is 1. The van der Waals surface area contributed by atoms with Gasteiger partial charge in [-0.3, -0.25) is 0 Å². The molecule has 2 aromatic carbocycles. The highest BCUT2D eigenvalue weighted by Gasteiger charge is 1.98. The molecule has 0 aliphatic rings. The lowest BCUT2D eigenvalue weighted by molar-refractivity contribution is 0.614. The Labute approximate surface area is 88.1 Å². The molecule has 0 radical (unpaired) electrons. The third-order valence-electron chi connectivity index (χ3n) is 2.00. The van der Waals surface area contributed by atoms with Crippen molar-refractivity contribution in [3.63, 3.8) is 0 Å². The third-order valence-corrected chi connectivity index (χ3v) is 2.93. The van der Waals surface area contributed by atoms with Crippen molar-refractivity contribution in [2.45, 2.75) is 4.90 Å². The lowest BCUT2D eigenvalue weighted by atomic mass is 10.1. The molecule has 0 fully saturated rings. The lowest BCUT2D eigenvalue weighted by Gasteiger charge is -1.98. The van der Waals surface area contributed by atoms with E-state index in [4.69, 9.17) is 11.6 Å². The van der Waals surface area contributed by atoms with Gasteiger partial charge in [0.1, 0.15) is 0 Å². The van der Waals surface area contributed by atoms with Crippen molar-refractivity contribution in [1.29, 1.82) is 0 Å². The van der Waals surface area contributed by atoms with Crippen molar-refractivity contribution < 1.29 is 8.42 Å². The Morgan fingerprint density at radius 3 is 2.36 bits per heavy atom. The van der Waals surface area contributed by atoms with Gasteiger partial charge in [0.15, 0.2) is 10.7 Å². The standard InChI is InChI=1S/C10H7ClO2S/c11-9-3-1-7-2-4-10(14(12)13)6-8(7)5-9/h1-6,14H. The minimum atomic E-state index is -2.52. The van der Waals surface area contributed by atoms with Gasteiger partial charge in [0.25, 0.3) is 0 Å². The molecule has 0 aliphatic heterocycles. The summed E-state index contributed by atoms with van der Waals surface area (Å²) < 4.78 is 21.5.